The van der Waals surface area contributed by atoms with Crippen LogP contribution < -0.4 is 14.2 Å². The maximum Gasteiger partial charge on any atom is 0.127 e. The minimum atomic E-state index is -0.162. The second-order valence-electron chi connectivity index (χ2n) is 7.48. The van der Waals surface area contributed by atoms with Crippen molar-refractivity contribution in [1.82, 2.24) is 0 Å². The molecule has 0 amide bonds. The van der Waals surface area contributed by atoms with E-state index in [0.717, 1.165) is 35.8 Å². The quantitative estimate of drug-likeness (QED) is 0.540. The molecule has 0 heterocycles. The summed E-state index contributed by atoms with van der Waals surface area (Å²) in [6.45, 7) is 12.6. The number of benzene rings is 2. The first-order valence-electron chi connectivity index (χ1n) is 8.99. The maximum atomic E-state index is 5.96. The van der Waals surface area contributed by atoms with E-state index in [2.05, 4.69) is 41.5 Å². The summed E-state index contributed by atoms with van der Waals surface area (Å²) in [7, 11) is 0. The topological polar surface area (TPSA) is 27.7 Å². The Morgan fingerprint density at radius 2 is 0.840 bits per heavy atom. The van der Waals surface area contributed by atoms with E-state index in [1.54, 1.807) is 0 Å². The van der Waals surface area contributed by atoms with Crippen molar-refractivity contribution in [2.75, 3.05) is 0 Å². The first-order valence-corrected chi connectivity index (χ1v) is 8.99. The minimum absolute atomic E-state index is 0.162. The second kappa shape index (κ2) is 7.81. The molecule has 0 atom stereocenters. The lowest BCUT2D eigenvalue weighted by molar-refractivity contribution is 0.105. The van der Waals surface area contributed by atoms with Crippen molar-refractivity contribution < 1.29 is 14.2 Å². The normalized spacial score (nSPS) is 11.9. The van der Waals surface area contributed by atoms with Crippen LogP contribution in [0, 0.1) is 0 Å². The zero-order valence-corrected chi connectivity index (χ0v) is 16.3. The SMILES string of the molecule is CCC(C)(C)Oc1ccc(Oc2ccc(OC(C)(C)CC)cc2)cc1. The number of hydrogen-bond acceptors (Lipinski definition) is 3. The lowest BCUT2D eigenvalue weighted by Gasteiger charge is -2.25. The number of hydrogen-bond donors (Lipinski definition) is 0. The Kier molecular flexibility index (Phi) is 5.99. The second-order valence-corrected chi connectivity index (χ2v) is 7.48. The molecule has 0 aliphatic carbocycles. The van der Waals surface area contributed by atoms with Crippen LogP contribution >= 0.6 is 0 Å². The molecule has 136 valence electrons. The molecule has 2 aromatic rings. The molecule has 0 spiro atoms. The van der Waals surface area contributed by atoms with Crippen molar-refractivity contribution in [2.45, 2.75) is 65.6 Å². The van der Waals surface area contributed by atoms with E-state index in [-0.39, 0.29) is 11.2 Å². The fourth-order valence-corrected chi connectivity index (χ4v) is 2.07. The van der Waals surface area contributed by atoms with Crippen molar-refractivity contribution in [1.29, 1.82) is 0 Å². The maximum absolute atomic E-state index is 5.96. The zero-order valence-electron chi connectivity index (χ0n) is 16.3. The van der Waals surface area contributed by atoms with Crippen LogP contribution in [0.5, 0.6) is 23.0 Å². The van der Waals surface area contributed by atoms with E-state index in [9.17, 15) is 0 Å². The molecule has 0 aromatic heterocycles. The van der Waals surface area contributed by atoms with Gasteiger partial charge in [-0.3, -0.25) is 0 Å². The Balaban J connectivity index is 1.98. The van der Waals surface area contributed by atoms with Crippen molar-refractivity contribution in [3.63, 3.8) is 0 Å². The van der Waals surface area contributed by atoms with Gasteiger partial charge in [-0.25, -0.2) is 0 Å². The molecule has 0 saturated carbocycles. The lowest BCUT2D eigenvalue weighted by atomic mass is 10.1. The van der Waals surface area contributed by atoms with Crippen LogP contribution in [0.4, 0.5) is 0 Å². The van der Waals surface area contributed by atoms with E-state index in [1.165, 1.54) is 0 Å². The van der Waals surface area contributed by atoms with E-state index < -0.39 is 0 Å². The van der Waals surface area contributed by atoms with Gasteiger partial charge in [0, 0.05) is 0 Å². The van der Waals surface area contributed by atoms with E-state index in [1.807, 2.05) is 48.5 Å². The predicted molar refractivity (Wildman–Crippen MR) is 103 cm³/mol. The largest absolute Gasteiger partial charge is 0.488 e. The summed E-state index contributed by atoms with van der Waals surface area (Å²) >= 11 is 0. The third kappa shape index (κ3) is 6.00. The molecule has 0 unspecified atom stereocenters. The molecule has 3 nitrogen and oxygen atoms in total. The van der Waals surface area contributed by atoms with Crippen LogP contribution in [0.2, 0.25) is 0 Å². The molecule has 0 bridgehead atoms. The molecular formula is C22H30O3. The molecule has 0 N–H and O–H groups in total. The highest BCUT2D eigenvalue weighted by atomic mass is 16.5. The van der Waals surface area contributed by atoms with Crippen molar-refractivity contribution in [2.24, 2.45) is 0 Å². The fourth-order valence-electron chi connectivity index (χ4n) is 2.07. The molecule has 0 fully saturated rings. The van der Waals surface area contributed by atoms with Crippen molar-refractivity contribution in [3.8, 4) is 23.0 Å². The standard InChI is InChI=1S/C22H30O3/c1-7-21(3,4)24-19-13-9-17(10-14-19)23-18-11-15-20(16-12-18)25-22(5,6)8-2/h9-16H,7-8H2,1-6H3. The molecular weight excluding hydrogens is 312 g/mol. The van der Waals surface area contributed by atoms with Gasteiger partial charge in [-0.15, -0.1) is 0 Å². The number of rotatable bonds is 8. The molecule has 2 aromatic carbocycles. The summed E-state index contributed by atoms with van der Waals surface area (Å²) in [6.07, 6.45) is 1.91. The smallest absolute Gasteiger partial charge is 0.127 e. The van der Waals surface area contributed by atoms with Gasteiger partial charge in [0.15, 0.2) is 0 Å². The minimum Gasteiger partial charge on any atom is -0.488 e. The van der Waals surface area contributed by atoms with Gasteiger partial charge in [-0.2, -0.15) is 0 Å². The molecule has 3 heteroatoms. The Morgan fingerprint density at radius 3 is 1.12 bits per heavy atom. The van der Waals surface area contributed by atoms with Crippen molar-refractivity contribution >= 4 is 0 Å². The molecule has 25 heavy (non-hydrogen) atoms. The third-order valence-corrected chi connectivity index (χ3v) is 4.37. The average molecular weight is 342 g/mol. The summed E-state index contributed by atoms with van der Waals surface area (Å²) in [5.41, 5.74) is -0.324. The van der Waals surface area contributed by atoms with Crippen LogP contribution in [0.25, 0.3) is 0 Å². The van der Waals surface area contributed by atoms with Crippen LogP contribution in [0.1, 0.15) is 54.4 Å². The Labute approximate surface area is 151 Å². The van der Waals surface area contributed by atoms with Crippen LogP contribution in [-0.2, 0) is 0 Å². The number of ether oxygens (including phenoxy) is 3. The Hall–Kier alpha value is -2.16. The monoisotopic (exact) mass is 342 g/mol. The van der Waals surface area contributed by atoms with Gasteiger partial charge in [-0.05, 0) is 89.1 Å². The van der Waals surface area contributed by atoms with Gasteiger partial charge in [0.2, 0.25) is 0 Å². The first kappa shape index (κ1) is 19.2. The Bertz CT molecular complexity index is 595. The van der Waals surface area contributed by atoms with Gasteiger partial charge < -0.3 is 14.2 Å². The summed E-state index contributed by atoms with van der Waals surface area (Å²) in [4.78, 5) is 0. The molecule has 2 rings (SSSR count). The third-order valence-electron chi connectivity index (χ3n) is 4.37. The summed E-state index contributed by atoms with van der Waals surface area (Å²) < 4.78 is 17.8. The molecule has 0 radical (unpaired) electrons. The van der Waals surface area contributed by atoms with Gasteiger partial charge >= 0.3 is 0 Å². The van der Waals surface area contributed by atoms with Crippen LogP contribution in [0.3, 0.4) is 0 Å². The van der Waals surface area contributed by atoms with Gasteiger partial charge in [0.1, 0.15) is 34.2 Å². The molecule has 0 aliphatic rings. The fraction of sp³-hybridized carbons (Fsp3) is 0.455. The molecule has 0 aliphatic heterocycles. The van der Waals surface area contributed by atoms with E-state index >= 15 is 0 Å². The van der Waals surface area contributed by atoms with Gasteiger partial charge in [0.25, 0.3) is 0 Å². The predicted octanol–water partition coefficient (Wildman–Crippen LogP) is 6.61. The summed E-state index contributed by atoms with van der Waals surface area (Å²) in [6, 6.07) is 15.4. The summed E-state index contributed by atoms with van der Waals surface area (Å²) in [5.74, 6) is 3.27. The highest BCUT2D eigenvalue weighted by Crippen LogP contribution is 2.28. The van der Waals surface area contributed by atoms with Crippen LogP contribution in [-0.4, -0.2) is 11.2 Å². The average Bonchev–Trinajstić information content (AvgIpc) is 2.58. The Morgan fingerprint density at radius 1 is 0.560 bits per heavy atom. The van der Waals surface area contributed by atoms with Gasteiger partial charge in [0.05, 0.1) is 0 Å². The first-order chi connectivity index (χ1) is 11.7. The molecule has 0 saturated heterocycles. The van der Waals surface area contributed by atoms with Gasteiger partial charge in [-0.1, -0.05) is 13.8 Å². The van der Waals surface area contributed by atoms with Crippen LogP contribution in [0.15, 0.2) is 48.5 Å². The van der Waals surface area contributed by atoms with Crippen molar-refractivity contribution in [3.05, 3.63) is 48.5 Å². The lowest BCUT2D eigenvalue weighted by Crippen LogP contribution is -2.26. The summed E-state index contributed by atoms with van der Waals surface area (Å²) in [5, 5.41) is 0. The highest BCUT2D eigenvalue weighted by Gasteiger charge is 2.17. The van der Waals surface area contributed by atoms with E-state index in [4.69, 9.17) is 14.2 Å². The highest BCUT2D eigenvalue weighted by molar-refractivity contribution is 5.37. The van der Waals surface area contributed by atoms with E-state index in [0.29, 0.717) is 0 Å². The zero-order chi connectivity index (χ0) is 18.5.